The van der Waals surface area contributed by atoms with Gasteiger partial charge in [0, 0.05) is 5.78 Å². The number of rotatable bonds is 2. The van der Waals surface area contributed by atoms with Crippen LogP contribution < -0.4 is 5.32 Å². The number of H-pyrrole nitrogens is 1. The van der Waals surface area contributed by atoms with E-state index in [1.165, 1.54) is 0 Å². The molecule has 74 valence electrons. The number of halogens is 1. The second-order valence-corrected chi connectivity index (χ2v) is 4.21. The molecular weight excluding hydrogens is 221 g/mol. The van der Waals surface area contributed by atoms with Gasteiger partial charge in [-0.15, -0.1) is 9.24 Å². The van der Waals surface area contributed by atoms with Gasteiger partial charge >= 0.3 is 0 Å². The number of nitrogens with zero attached hydrogens (tertiary/aromatic N) is 3. The van der Waals surface area contributed by atoms with Gasteiger partial charge in [-0.3, -0.25) is 0 Å². The van der Waals surface area contributed by atoms with Crippen molar-refractivity contribution in [1.82, 2.24) is 19.9 Å². The Labute approximate surface area is 87.9 Å². The lowest BCUT2D eigenvalue weighted by Crippen LogP contribution is -2.08. The van der Waals surface area contributed by atoms with Crippen LogP contribution in [0.2, 0.25) is 5.28 Å². The maximum atomic E-state index is 5.74. The molecule has 0 saturated carbocycles. The molecule has 0 spiro atoms. The molecular formula is C7H9ClN5P. The van der Waals surface area contributed by atoms with Crippen molar-refractivity contribution in [3.05, 3.63) is 11.6 Å². The molecule has 0 radical (unpaired) electrons. The van der Waals surface area contributed by atoms with E-state index in [1.807, 2.05) is 6.92 Å². The normalized spacial score (nSPS) is 13.1. The molecule has 2 heterocycles. The first-order valence-electron chi connectivity index (χ1n) is 4.05. The van der Waals surface area contributed by atoms with Crippen LogP contribution in [0.3, 0.4) is 0 Å². The fraction of sp³-hybridized carbons (Fsp3) is 0.286. The average Bonchev–Trinajstić information content (AvgIpc) is 2.50. The van der Waals surface area contributed by atoms with E-state index in [9.17, 15) is 0 Å². The minimum absolute atomic E-state index is 0.192. The monoisotopic (exact) mass is 229 g/mol. The Kier molecular flexibility index (Phi) is 2.52. The van der Waals surface area contributed by atoms with Crippen LogP contribution in [-0.4, -0.2) is 25.7 Å². The van der Waals surface area contributed by atoms with Crippen molar-refractivity contribution in [1.29, 1.82) is 0 Å². The summed E-state index contributed by atoms with van der Waals surface area (Å²) in [7, 11) is 2.62. The fourth-order valence-electron chi connectivity index (χ4n) is 1.13. The number of imidazole rings is 1. The molecule has 2 atom stereocenters. The van der Waals surface area contributed by atoms with Gasteiger partial charge in [-0.25, -0.2) is 4.98 Å². The van der Waals surface area contributed by atoms with E-state index < -0.39 is 0 Å². The van der Waals surface area contributed by atoms with E-state index in [4.69, 9.17) is 11.6 Å². The molecule has 0 aliphatic heterocycles. The Morgan fingerprint density at radius 3 is 3.07 bits per heavy atom. The summed E-state index contributed by atoms with van der Waals surface area (Å²) < 4.78 is 0. The lowest BCUT2D eigenvalue weighted by molar-refractivity contribution is 1.08. The Balaban J connectivity index is 2.55. The molecule has 0 saturated heterocycles. The topological polar surface area (TPSA) is 66.5 Å². The van der Waals surface area contributed by atoms with Crippen LogP contribution in [0.1, 0.15) is 6.92 Å². The SMILES string of the molecule is C[C@H](P)Nc1nc(Cl)nc2nc[nH]c12. The number of anilines is 1. The summed E-state index contributed by atoms with van der Waals surface area (Å²) in [5, 5.41) is 3.32. The summed E-state index contributed by atoms with van der Waals surface area (Å²) >= 11 is 5.74. The highest BCUT2D eigenvalue weighted by Gasteiger charge is 2.08. The van der Waals surface area contributed by atoms with Crippen LogP contribution in [-0.2, 0) is 0 Å². The molecule has 1 unspecified atom stereocenters. The summed E-state index contributed by atoms with van der Waals surface area (Å²) in [5.41, 5.74) is 1.34. The van der Waals surface area contributed by atoms with Crippen molar-refractivity contribution < 1.29 is 0 Å². The van der Waals surface area contributed by atoms with Crippen LogP contribution in [0.5, 0.6) is 0 Å². The summed E-state index contributed by atoms with van der Waals surface area (Å²) in [6.07, 6.45) is 1.56. The third-order valence-electron chi connectivity index (χ3n) is 1.62. The summed E-state index contributed by atoms with van der Waals surface area (Å²) in [4.78, 5) is 15.0. The standard InChI is InChI=1S/C7H9ClN5P/c1-3(14)11-6-4-5(10-2-9-4)12-7(8)13-6/h2-3H,14H2,1H3,(H2,9,10,11,12,13)/t3-/m0/s1. The Hall–Kier alpha value is -0.930. The quantitative estimate of drug-likeness (QED) is 0.607. The summed E-state index contributed by atoms with van der Waals surface area (Å²) in [5.74, 6) is 0.868. The highest BCUT2D eigenvalue weighted by molar-refractivity contribution is 7.17. The first-order valence-corrected chi connectivity index (χ1v) is 5.10. The zero-order chi connectivity index (χ0) is 10.1. The van der Waals surface area contributed by atoms with Gasteiger partial charge in [-0.1, -0.05) is 0 Å². The van der Waals surface area contributed by atoms with Gasteiger partial charge in [-0.2, -0.15) is 9.97 Å². The molecule has 14 heavy (non-hydrogen) atoms. The zero-order valence-corrected chi connectivity index (χ0v) is 9.36. The number of hydrogen-bond acceptors (Lipinski definition) is 4. The van der Waals surface area contributed by atoms with Crippen molar-refractivity contribution in [2.24, 2.45) is 0 Å². The second-order valence-electron chi connectivity index (χ2n) is 2.88. The maximum absolute atomic E-state index is 5.74. The molecule has 0 aromatic carbocycles. The largest absolute Gasteiger partial charge is 0.362 e. The average molecular weight is 230 g/mol. The molecule has 0 fully saturated rings. The second kappa shape index (κ2) is 3.67. The lowest BCUT2D eigenvalue weighted by Gasteiger charge is -2.08. The van der Waals surface area contributed by atoms with Gasteiger partial charge in [0.25, 0.3) is 0 Å². The molecule has 0 aliphatic carbocycles. The molecule has 2 aromatic rings. The maximum Gasteiger partial charge on any atom is 0.226 e. The van der Waals surface area contributed by atoms with Crippen molar-refractivity contribution in [3.8, 4) is 0 Å². The molecule has 0 bridgehead atoms. The molecule has 2 N–H and O–H groups in total. The Bertz CT molecular complexity index is 454. The van der Waals surface area contributed by atoms with E-state index >= 15 is 0 Å². The van der Waals surface area contributed by atoms with Crippen LogP contribution in [0, 0.1) is 0 Å². The van der Waals surface area contributed by atoms with E-state index in [0.29, 0.717) is 11.5 Å². The zero-order valence-electron chi connectivity index (χ0n) is 7.45. The van der Waals surface area contributed by atoms with Crippen molar-refractivity contribution in [2.75, 3.05) is 5.32 Å². The first kappa shape index (κ1) is 9.62. The van der Waals surface area contributed by atoms with Crippen molar-refractivity contribution >= 4 is 37.8 Å². The van der Waals surface area contributed by atoms with Crippen molar-refractivity contribution in [3.63, 3.8) is 0 Å². The third kappa shape index (κ3) is 1.79. The number of nitrogens with one attached hydrogen (secondary N) is 2. The minimum Gasteiger partial charge on any atom is -0.362 e. The van der Waals surface area contributed by atoms with Crippen LogP contribution in [0.25, 0.3) is 11.2 Å². The fourth-order valence-corrected chi connectivity index (χ4v) is 1.45. The van der Waals surface area contributed by atoms with Crippen LogP contribution in [0.15, 0.2) is 6.33 Å². The van der Waals surface area contributed by atoms with E-state index in [0.717, 1.165) is 5.52 Å². The van der Waals surface area contributed by atoms with Gasteiger partial charge in [0.2, 0.25) is 5.28 Å². The van der Waals surface area contributed by atoms with Gasteiger partial charge in [-0.05, 0) is 18.5 Å². The lowest BCUT2D eigenvalue weighted by atomic mass is 10.5. The number of aromatic amines is 1. The number of aromatic nitrogens is 4. The van der Waals surface area contributed by atoms with E-state index in [2.05, 4.69) is 34.5 Å². The predicted octanol–water partition coefficient (Wildman–Crippen LogP) is 1.64. The highest BCUT2D eigenvalue weighted by Crippen LogP contribution is 2.19. The minimum atomic E-state index is 0.192. The molecule has 0 amide bonds. The predicted molar refractivity (Wildman–Crippen MR) is 59.5 cm³/mol. The molecule has 0 aliphatic rings. The Morgan fingerprint density at radius 2 is 2.36 bits per heavy atom. The smallest absolute Gasteiger partial charge is 0.226 e. The first-order chi connectivity index (χ1) is 6.66. The molecule has 2 rings (SSSR count). The third-order valence-corrected chi connectivity index (χ3v) is 1.96. The van der Waals surface area contributed by atoms with Gasteiger partial charge in [0.05, 0.1) is 6.33 Å². The number of fused-ring (bicyclic) bond motifs is 1. The van der Waals surface area contributed by atoms with Gasteiger partial charge in [0.1, 0.15) is 5.52 Å². The molecule has 7 heteroatoms. The number of hydrogen-bond donors (Lipinski definition) is 2. The van der Waals surface area contributed by atoms with E-state index in [-0.39, 0.29) is 11.1 Å². The van der Waals surface area contributed by atoms with Crippen LogP contribution >= 0.6 is 20.8 Å². The molecule has 5 nitrogen and oxygen atoms in total. The van der Waals surface area contributed by atoms with Gasteiger partial charge < -0.3 is 10.3 Å². The van der Waals surface area contributed by atoms with Crippen molar-refractivity contribution in [2.45, 2.75) is 12.7 Å². The Morgan fingerprint density at radius 1 is 1.57 bits per heavy atom. The summed E-state index contributed by atoms with van der Waals surface area (Å²) in [6, 6.07) is 0. The summed E-state index contributed by atoms with van der Waals surface area (Å²) in [6.45, 7) is 1.99. The molecule has 2 aromatic heterocycles. The van der Waals surface area contributed by atoms with Crippen LogP contribution in [0.4, 0.5) is 5.82 Å². The van der Waals surface area contributed by atoms with E-state index in [1.54, 1.807) is 6.33 Å². The highest BCUT2D eigenvalue weighted by atomic mass is 35.5. The van der Waals surface area contributed by atoms with Gasteiger partial charge in [0.15, 0.2) is 11.5 Å².